The monoisotopic (exact) mass is 864 g/mol. The van der Waals surface area contributed by atoms with Gasteiger partial charge in [-0.25, -0.2) is 9.59 Å². The number of carbonyl (C=O) groups excluding carboxylic acids is 2. The Kier molecular flexibility index (Phi) is 9.36. The van der Waals surface area contributed by atoms with E-state index in [4.69, 9.17) is 9.29 Å². The standard InChI is InChI=1S/C18H9F6I3O7S/c19-17(20,21)16(18(22,23)24,7-35(30,31)32)34-15(29)9-3-1-8(2-4-9)14(28)33-13-11(26)5-10(25)6-12(13)27/h1-6H,7H2,(H,30,31,32). The minimum Gasteiger partial charge on any atom is -0.435 e. The number of hydrogen-bond donors (Lipinski definition) is 1. The molecule has 35 heavy (non-hydrogen) atoms. The van der Waals surface area contributed by atoms with Gasteiger partial charge in [-0.1, -0.05) is 0 Å². The molecule has 0 aliphatic rings. The van der Waals surface area contributed by atoms with Gasteiger partial charge in [0, 0.05) is 3.57 Å². The van der Waals surface area contributed by atoms with Crippen molar-refractivity contribution in [3.05, 3.63) is 58.2 Å². The summed E-state index contributed by atoms with van der Waals surface area (Å²) in [5.74, 6) is -5.93. The van der Waals surface area contributed by atoms with E-state index >= 15 is 0 Å². The van der Waals surface area contributed by atoms with Crippen LogP contribution in [0.1, 0.15) is 20.7 Å². The first-order valence-corrected chi connectivity index (χ1v) is 13.4. The van der Waals surface area contributed by atoms with Crippen molar-refractivity contribution in [1.29, 1.82) is 0 Å². The Bertz CT molecular complexity index is 1210. The number of esters is 2. The molecule has 7 nitrogen and oxygen atoms in total. The van der Waals surface area contributed by atoms with Crippen LogP contribution in [0.15, 0.2) is 36.4 Å². The van der Waals surface area contributed by atoms with Gasteiger partial charge in [0.05, 0.1) is 18.3 Å². The SMILES string of the molecule is O=C(Oc1c(I)cc(I)cc1I)c1ccc(C(=O)OC(CS(=O)(=O)O)(C(F)(F)F)C(F)(F)F)cc1. The largest absolute Gasteiger partial charge is 0.438 e. The van der Waals surface area contributed by atoms with Crippen molar-refractivity contribution in [2.24, 2.45) is 0 Å². The lowest BCUT2D eigenvalue weighted by Gasteiger charge is -2.35. The Morgan fingerprint density at radius 2 is 1.23 bits per heavy atom. The second-order valence-corrected chi connectivity index (χ2v) is 11.6. The van der Waals surface area contributed by atoms with Crippen LogP contribution >= 0.6 is 67.8 Å². The van der Waals surface area contributed by atoms with Gasteiger partial charge in [0.15, 0.2) is 5.75 Å². The van der Waals surface area contributed by atoms with E-state index in [9.17, 15) is 44.3 Å². The average Bonchev–Trinajstić information content (AvgIpc) is 2.67. The van der Waals surface area contributed by atoms with E-state index in [-0.39, 0.29) is 11.3 Å². The lowest BCUT2D eigenvalue weighted by molar-refractivity contribution is -0.356. The Morgan fingerprint density at radius 1 is 0.829 bits per heavy atom. The third-order valence-electron chi connectivity index (χ3n) is 4.08. The number of ether oxygens (including phenoxy) is 2. The number of hydrogen-bond acceptors (Lipinski definition) is 6. The summed E-state index contributed by atoms with van der Waals surface area (Å²) in [7, 11) is -5.91. The van der Waals surface area contributed by atoms with Crippen LogP contribution in [0.5, 0.6) is 5.75 Å². The molecule has 0 fully saturated rings. The molecule has 2 aromatic rings. The van der Waals surface area contributed by atoms with Crippen LogP contribution < -0.4 is 4.74 Å². The summed E-state index contributed by atoms with van der Waals surface area (Å²) in [4.78, 5) is 24.5. The van der Waals surface area contributed by atoms with Crippen LogP contribution in [-0.2, 0) is 14.9 Å². The molecule has 0 saturated carbocycles. The third-order valence-corrected chi connectivity index (χ3v) is 7.08. The number of halogens is 9. The quantitative estimate of drug-likeness (QED) is 0.132. The second-order valence-electron chi connectivity index (χ2n) is 6.60. The summed E-state index contributed by atoms with van der Waals surface area (Å²) in [6.45, 7) is 0. The van der Waals surface area contributed by atoms with Crippen molar-refractivity contribution in [3.63, 3.8) is 0 Å². The van der Waals surface area contributed by atoms with Gasteiger partial charge in [-0.3, -0.25) is 4.55 Å². The lowest BCUT2D eigenvalue weighted by atomic mass is 10.0. The lowest BCUT2D eigenvalue weighted by Crippen LogP contribution is -2.63. The van der Waals surface area contributed by atoms with E-state index in [0.717, 1.165) is 15.7 Å². The highest BCUT2D eigenvalue weighted by atomic mass is 127. The summed E-state index contributed by atoms with van der Waals surface area (Å²) < 4.78 is 121. The zero-order valence-corrected chi connectivity index (χ0v) is 23.7. The molecule has 2 rings (SSSR count). The van der Waals surface area contributed by atoms with E-state index in [1.807, 2.05) is 67.8 Å². The fraction of sp³-hybridized carbons (Fsp3) is 0.222. The van der Waals surface area contributed by atoms with Gasteiger partial charge in [0.25, 0.3) is 10.1 Å². The van der Waals surface area contributed by atoms with Gasteiger partial charge < -0.3 is 9.47 Å². The van der Waals surface area contributed by atoms with Gasteiger partial charge in [-0.05, 0) is 104 Å². The van der Waals surface area contributed by atoms with Crippen LogP contribution in [0.25, 0.3) is 0 Å². The van der Waals surface area contributed by atoms with Crippen LogP contribution in [0.3, 0.4) is 0 Å². The smallest absolute Gasteiger partial charge is 0.435 e. The Balaban J connectivity index is 2.34. The highest BCUT2D eigenvalue weighted by Crippen LogP contribution is 2.47. The topological polar surface area (TPSA) is 107 Å². The number of benzene rings is 2. The van der Waals surface area contributed by atoms with Crippen molar-refractivity contribution in [1.82, 2.24) is 0 Å². The fourth-order valence-electron chi connectivity index (χ4n) is 2.46. The molecule has 0 radical (unpaired) electrons. The predicted molar refractivity (Wildman–Crippen MR) is 133 cm³/mol. The molecule has 0 aromatic heterocycles. The third kappa shape index (κ3) is 7.31. The normalized spacial score (nSPS) is 12.9. The van der Waals surface area contributed by atoms with Crippen molar-refractivity contribution >= 4 is 89.8 Å². The van der Waals surface area contributed by atoms with Crippen LogP contribution in [0, 0.1) is 10.7 Å². The first kappa shape index (κ1) is 30.3. The molecule has 0 bridgehead atoms. The van der Waals surface area contributed by atoms with Crippen LogP contribution in [0.2, 0.25) is 0 Å². The minimum atomic E-state index is -6.46. The van der Waals surface area contributed by atoms with Crippen molar-refractivity contribution in [3.8, 4) is 5.75 Å². The number of alkyl halides is 6. The van der Waals surface area contributed by atoms with Crippen molar-refractivity contribution in [2.75, 3.05) is 5.75 Å². The summed E-state index contributed by atoms with van der Waals surface area (Å²) in [5, 5.41) is 0. The summed E-state index contributed by atoms with van der Waals surface area (Å²) >= 11 is 5.89. The molecule has 2 aromatic carbocycles. The van der Waals surface area contributed by atoms with E-state index in [1.54, 1.807) is 12.1 Å². The van der Waals surface area contributed by atoms with Gasteiger partial charge in [-0.15, -0.1) is 0 Å². The Hall–Kier alpha value is -0.940. The molecule has 0 heterocycles. The Labute approximate surface area is 234 Å². The molecule has 0 atom stereocenters. The number of carbonyl (C=O) groups is 2. The maximum absolute atomic E-state index is 13.3. The fourth-order valence-corrected chi connectivity index (χ4v) is 7.17. The van der Waals surface area contributed by atoms with Crippen molar-refractivity contribution < 1.29 is 58.4 Å². The summed E-state index contributed by atoms with van der Waals surface area (Å²) in [5.41, 5.74) is -6.61. The molecule has 192 valence electrons. The number of rotatable bonds is 6. The predicted octanol–water partition coefficient (Wildman–Crippen LogP) is 5.63. The molecule has 1 N–H and O–H groups in total. The Morgan fingerprint density at radius 3 is 1.60 bits per heavy atom. The summed E-state index contributed by atoms with van der Waals surface area (Å²) in [6, 6.07) is 6.58. The van der Waals surface area contributed by atoms with Gasteiger partial charge in [-0.2, -0.15) is 34.8 Å². The molecular formula is C18H9F6I3O7S. The highest BCUT2D eigenvalue weighted by molar-refractivity contribution is 14.1. The summed E-state index contributed by atoms with van der Waals surface area (Å²) in [6.07, 6.45) is -12.9. The van der Waals surface area contributed by atoms with E-state index in [1.165, 1.54) is 0 Å². The zero-order valence-electron chi connectivity index (χ0n) is 16.4. The second kappa shape index (κ2) is 10.8. The van der Waals surface area contributed by atoms with Crippen LogP contribution in [0.4, 0.5) is 26.3 Å². The van der Waals surface area contributed by atoms with E-state index < -0.39 is 51.3 Å². The molecule has 0 amide bonds. The highest BCUT2D eigenvalue weighted by Gasteiger charge is 2.76. The molecule has 0 aliphatic carbocycles. The molecule has 17 heteroatoms. The van der Waals surface area contributed by atoms with Crippen LogP contribution in [-0.4, -0.2) is 48.6 Å². The van der Waals surface area contributed by atoms with Gasteiger partial charge >= 0.3 is 29.9 Å². The maximum atomic E-state index is 13.3. The van der Waals surface area contributed by atoms with E-state index in [2.05, 4.69) is 4.74 Å². The van der Waals surface area contributed by atoms with Crippen molar-refractivity contribution in [2.45, 2.75) is 18.0 Å². The maximum Gasteiger partial charge on any atom is 0.438 e. The molecule has 0 aliphatic heterocycles. The average molecular weight is 864 g/mol. The molecular weight excluding hydrogens is 855 g/mol. The minimum absolute atomic E-state index is 0.206. The molecule has 0 spiro atoms. The first-order chi connectivity index (χ1) is 15.8. The van der Waals surface area contributed by atoms with Gasteiger partial charge in [0.1, 0.15) is 5.75 Å². The first-order valence-electron chi connectivity index (χ1n) is 8.56. The van der Waals surface area contributed by atoms with Gasteiger partial charge in [0.2, 0.25) is 0 Å². The zero-order chi connectivity index (χ0) is 27.0. The molecule has 0 unspecified atom stereocenters. The molecule has 0 saturated heterocycles. The van der Waals surface area contributed by atoms with E-state index in [0.29, 0.717) is 19.3 Å².